The summed E-state index contributed by atoms with van der Waals surface area (Å²) in [6, 6.07) is 12.9. The maximum Gasteiger partial charge on any atom is 0.280 e. The molecule has 0 atom stereocenters. The van der Waals surface area contributed by atoms with E-state index >= 15 is 0 Å². The monoisotopic (exact) mass is 462 g/mol. The predicted octanol–water partition coefficient (Wildman–Crippen LogP) is 3.84. The second kappa shape index (κ2) is 9.65. The minimum Gasteiger partial charge on any atom is -0.493 e. The highest BCUT2D eigenvalue weighted by atomic mass is 16.5. The molecule has 10 heteroatoms. The normalized spacial score (nSPS) is 10.8. The van der Waals surface area contributed by atoms with Crippen LogP contribution in [0.1, 0.15) is 34.4 Å². The molecule has 2 aromatic carbocycles. The van der Waals surface area contributed by atoms with Gasteiger partial charge in [0.05, 0.1) is 20.3 Å². The Morgan fingerprint density at radius 3 is 2.74 bits per heavy atom. The molecule has 0 saturated heterocycles. The Balaban J connectivity index is 1.53. The molecule has 0 fully saturated rings. The van der Waals surface area contributed by atoms with Gasteiger partial charge in [-0.2, -0.15) is 0 Å². The van der Waals surface area contributed by atoms with Crippen molar-refractivity contribution in [3.63, 3.8) is 0 Å². The molecule has 4 rings (SSSR count). The van der Waals surface area contributed by atoms with Crippen LogP contribution in [0.5, 0.6) is 11.5 Å². The molecular formula is C24H26N6O4. The number of anilines is 2. The summed E-state index contributed by atoms with van der Waals surface area (Å²) in [5, 5.41) is 10.8. The summed E-state index contributed by atoms with van der Waals surface area (Å²) in [6.45, 7) is 6.38. The number of oxazole rings is 1. The Morgan fingerprint density at radius 2 is 2.00 bits per heavy atom. The minimum atomic E-state index is -0.437. The van der Waals surface area contributed by atoms with Gasteiger partial charge in [0.2, 0.25) is 5.89 Å². The molecule has 176 valence electrons. The van der Waals surface area contributed by atoms with Gasteiger partial charge in [-0.05, 0) is 56.7 Å². The molecule has 10 nitrogen and oxygen atoms in total. The average molecular weight is 463 g/mol. The average Bonchev–Trinajstić information content (AvgIpc) is 3.37. The second-order valence-corrected chi connectivity index (χ2v) is 7.63. The second-order valence-electron chi connectivity index (χ2n) is 7.63. The van der Waals surface area contributed by atoms with E-state index in [1.165, 1.54) is 4.68 Å². The number of nitrogens with two attached hydrogens (primary N) is 1. The van der Waals surface area contributed by atoms with Crippen LogP contribution in [0.3, 0.4) is 0 Å². The summed E-state index contributed by atoms with van der Waals surface area (Å²) in [5.74, 6) is 1.95. The fraction of sp³-hybridized carbons (Fsp3) is 0.250. The zero-order valence-electron chi connectivity index (χ0n) is 19.5. The predicted molar refractivity (Wildman–Crippen MR) is 127 cm³/mol. The van der Waals surface area contributed by atoms with Crippen LogP contribution in [0.25, 0.3) is 11.5 Å². The molecule has 1 amide bonds. The highest BCUT2D eigenvalue weighted by molar-refractivity contribution is 6.05. The van der Waals surface area contributed by atoms with E-state index in [1.54, 1.807) is 26.2 Å². The van der Waals surface area contributed by atoms with E-state index in [-0.39, 0.29) is 18.1 Å². The van der Waals surface area contributed by atoms with Crippen molar-refractivity contribution in [3.8, 4) is 23.0 Å². The molecule has 4 aromatic rings. The van der Waals surface area contributed by atoms with Gasteiger partial charge in [0.25, 0.3) is 5.91 Å². The SMILES string of the molecule is CCOc1ccc(-c2nc(Cn3nnc(C(=O)Nc4cccc(C)c4)c3N)c(C)o2)cc1OC. The van der Waals surface area contributed by atoms with Crippen molar-refractivity contribution in [3.05, 3.63) is 65.2 Å². The number of nitrogens with one attached hydrogen (secondary N) is 1. The Bertz CT molecular complexity index is 1330. The quantitative estimate of drug-likeness (QED) is 0.404. The molecule has 0 aliphatic carbocycles. The molecule has 0 radical (unpaired) electrons. The first-order chi connectivity index (χ1) is 16.4. The van der Waals surface area contributed by atoms with Gasteiger partial charge in [-0.25, -0.2) is 9.67 Å². The number of carbonyl (C=O) groups excluding carboxylic acids is 1. The number of aryl methyl sites for hydroxylation is 2. The standard InChI is InChI=1S/C24H26N6O4/c1-5-33-19-10-9-16(12-20(19)32-4)24-27-18(15(3)34-24)13-30-22(25)21(28-29-30)23(31)26-17-8-6-7-14(2)11-17/h6-12H,5,13,25H2,1-4H3,(H,26,31). The van der Waals surface area contributed by atoms with Crippen molar-refractivity contribution in [1.29, 1.82) is 0 Å². The number of rotatable bonds is 8. The van der Waals surface area contributed by atoms with Crippen LogP contribution in [-0.4, -0.2) is 39.6 Å². The van der Waals surface area contributed by atoms with Crippen molar-refractivity contribution >= 4 is 17.4 Å². The first kappa shape index (κ1) is 22.8. The van der Waals surface area contributed by atoms with Crippen molar-refractivity contribution in [2.24, 2.45) is 0 Å². The molecule has 34 heavy (non-hydrogen) atoms. The van der Waals surface area contributed by atoms with Crippen LogP contribution >= 0.6 is 0 Å². The fourth-order valence-corrected chi connectivity index (χ4v) is 3.43. The van der Waals surface area contributed by atoms with Gasteiger partial charge in [0.15, 0.2) is 23.0 Å². The lowest BCUT2D eigenvalue weighted by atomic mass is 10.2. The van der Waals surface area contributed by atoms with Crippen LogP contribution in [0.15, 0.2) is 46.9 Å². The van der Waals surface area contributed by atoms with E-state index in [4.69, 9.17) is 19.6 Å². The van der Waals surface area contributed by atoms with Gasteiger partial charge >= 0.3 is 0 Å². The Labute approximate surface area is 196 Å². The summed E-state index contributed by atoms with van der Waals surface area (Å²) in [5.41, 5.74) is 9.25. The van der Waals surface area contributed by atoms with Crippen LogP contribution in [-0.2, 0) is 6.54 Å². The number of methoxy groups -OCH3 is 1. The zero-order valence-corrected chi connectivity index (χ0v) is 19.5. The van der Waals surface area contributed by atoms with Gasteiger partial charge in [0, 0.05) is 11.3 Å². The van der Waals surface area contributed by atoms with Crippen molar-refractivity contribution in [2.45, 2.75) is 27.3 Å². The molecule has 0 bridgehead atoms. The van der Waals surface area contributed by atoms with E-state index in [0.717, 1.165) is 11.1 Å². The molecule has 3 N–H and O–H groups in total. The third-order valence-corrected chi connectivity index (χ3v) is 5.17. The lowest BCUT2D eigenvalue weighted by Crippen LogP contribution is -2.15. The number of aromatic nitrogens is 4. The summed E-state index contributed by atoms with van der Waals surface area (Å²) in [7, 11) is 1.58. The fourth-order valence-electron chi connectivity index (χ4n) is 3.43. The van der Waals surface area contributed by atoms with E-state index in [9.17, 15) is 4.79 Å². The van der Waals surface area contributed by atoms with Crippen molar-refractivity contribution in [1.82, 2.24) is 20.0 Å². The zero-order chi connectivity index (χ0) is 24.2. The molecule has 2 aromatic heterocycles. The largest absolute Gasteiger partial charge is 0.493 e. The summed E-state index contributed by atoms with van der Waals surface area (Å²) in [4.78, 5) is 17.2. The molecule has 2 heterocycles. The van der Waals surface area contributed by atoms with Gasteiger partial charge in [-0.1, -0.05) is 17.3 Å². The Kier molecular flexibility index (Phi) is 6.48. The van der Waals surface area contributed by atoms with Crippen LogP contribution in [0.2, 0.25) is 0 Å². The lowest BCUT2D eigenvalue weighted by molar-refractivity contribution is 0.102. The first-order valence-electron chi connectivity index (χ1n) is 10.7. The number of hydrogen-bond donors (Lipinski definition) is 2. The maximum absolute atomic E-state index is 12.6. The van der Waals surface area contributed by atoms with Gasteiger partial charge in [-0.15, -0.1) is 5.10 Å². The number of carbonyl (C=O) groups is 1. The van der Waals surface area contributed by atoms with Gasteiger partial charge in [-0.3, -0.25) is 4.79 Å². The highest BCUT2D eigenvalue weighted by Gasteiger charge is 2.20. The van der Waals surface area contributed by atoms with E-state index < -0.39 is 5.91 Å². The third kappa shape index (κ3) is 4.70. The van der Waals surface area contributed by atoms with Crippen LogP contribution < -0.4 is 20.5 Å². The van der Waals surface area contributed by atoms with E-state index in [1.807, 2.05) is 44.2 Å². The van der Waals surface area contributed by atoms with Crippen molar-refractivity contribution < 1.29 is 18.7 Å². The topological polar surface area (TPSA) is 130 Å². The van der Waals surface area contributed by atoms with Crippen LogP contribution in [0, 0.1) is 13.8 Å². The van der Waals surface area contributed by atoms with E-state index in [0.29, 0.717) is 41.1 Å². The number of hydrogen-bond acceptors (Lipinski definition) is 8. The Hall–Kier alpha value is -4.34. The molecule has 0 spiro atoms. The molecular weight excluding hydrogens is 436 g/mol. The molecule has 0 aliphatic heterocycles. The summed E-state index contributed by atoms with van der Waals surface area (Å²) in [6.07, 6.45) is 0. The first-order valence-corrected chi connectivity index (χ1v) is 10.7. The molecule has 0 aliphatic rings. The molecule has 0 unspecified atom stereocenters. The Morgan fingerprint density at radius 1 is 1.18 bits per heavy atom. The number of ether oxygens (including phenoxy) is 2. The number of benzene rings is 2. The van der Waals surface area contributed by atoms with Crippen molar-refractivity contribution in [2.75, 3.05) is 24.8 Å². The van der Waals surface area contributed by atoms with E-state index in [2.05, 4.69) is 20.6 Å². The highest BCUT2D eigenvalue weighted by Crippen LogP contribution is 2.33. The van der Waals surface area contributed by atoms with Gasteiger partial charge in [0.1, 0.15) is 11.5 Å². The maximum atomic E-state index is 12.6. The summed E-state index contributed by atoms with van der Waals surface area (Å²) >= 11 is 0. The summed E-state index contributed by atoms with van der Waals surface area (Å²) < 4.78 is 18.3. The third-order valence-electron chi connectivity index (χ3n) is 5.17. The van der Waals surface area contributed by atoms with Crippen LogP contribution in [0.4, 0.5) is 11.5 Å². The number of nitrogen functional groups attached to an aromatic ring is 1. The smallest absolute Gasteiger partial charge is 0.280 e. The molecule has 0 saturated carbocycles. The number of amides is 1. The number of nitrogens with zero attached hydrogens (tertiary/aromatic N) is 4. The minimum absolute atomic E-state index is 0.0409. The lowest BCUT2D eigenvalue weighted by Gasteiger charge is -2.09. The van der Waals surface area contributed by atoms with Gasteiger partial charge < -0.3 is 24.9 Å².